The number of hydrogen-bond donors (Lipinski definition) is 0. The summed E-state index contributed by atoms with van der Waals surface area (Å²) >= 11 is 0. The molecule has 0 unspecified atom stereocenters. The van der Waals surface area contributed by atoms with Gasteiger partial charge in [0, 0.05) is 17.3 Å². The van der Waals surface area contributed by atoms with Crippen molar-refractivity contribution in [2.45, 2.75) is 33.1 Å². The lowest BCUT2D eigenvalue weighted by molar-refractivity contribution is 0.544. The van der Waals surface area contributed by atoms with Crippen LogP contribution in [0.15, 0.2) is 36.5 Å². The molecule has 0 aliphatic rings. The summed E-state index contributed by atoms with van der Waals surface area (Å²) in [6, 6.07) is 10.5. The van der Waals surface area contributed by atoms with E-state index in [4.69, 9.17) is 0 Å². The Morgan fingerprint density at radius 1 is 1.12 bits per heavy atom. The molecule has 1 heterocycles. The van der Waals surface area contributed by atoms with Crippen molar-refractivity contribution in [3.63, 3.8) is 0 Å². The van der Waals surface area contributed by atoms with E-state index >= 15 is 0 Å². The molecule has 2 rings (SSSR count). The van der Waals surface area contributed by atoms with E-state index in [2.05, 4.69) is 63.1 Å². The Kier molecular flexibility index (Phi) is 2.58. The summed E-state index contributed by atoms with van der Waals surface area (Å²) in [6.07, 6.45) is 1.86. The standard InChI is InChI=1S/C14H18N2/c1-11-6-5-7-12(10-11)16-13(8-9-15-16)14(2,3)4/h5-10H,1-4H3. The lowest BCUT2D eigenvalue weighted by atomic mass is 9.92. The summed E-state index contributed by atoms with van der Waals surface area (Å²) in [5.74, 6) is 0. The fourth-order valence-corrected chi connectivity index (χ4v) is 1.84. The molecule has 16 heavy (non-hydrogen) atoms. The fourth-order valence-electron chi connectivity index (χ4n) is 1.84. The Morgan fingerprint density at radius 2 is 1.88 bits per heavy atom. The first-order valence-electron chi connectivity index (χ1n) is 5.60. The third-order valence-corrected chi connectivity index (χ3v) is 2.66. The van der Waals surface area contributed by atoms with Crippen LogP contribution in [0.25, 0.3) is 5.69 Å². The van der Waals surface area contributed by atoms with Crippen molar-refractivity contribution in [3.05, 3.63) is 47.8 Å². The minimum atomic E-state index is 0.111. The van der Waals surface area contributed by atoms with Crippen molar-refractivity contribution in [2.75, 3.05) is 0 Å². The van der Waals surface area contributed by atoms with Gasteiger partial charge in [0.1, 0.15) is 0 Å². The summed E-state index contributed by atoms with van der Waals surface area (Å²) in [4.78, 5) is 0. The van der Waals surface area contributed by atoms with Crippen LogP contribution in [0.5, 0.6) is 0 Å². The van der Waals surface area contributed by atoms with Gasteiger partial charge < -0.3 is 0 Å². The molecule has 0 bridgehead atoms. The number of benzene rings is 1. The van der Waals surface area contributed by atoms with Gasteiger partial charge in [-0.25, -0.2) is 4.68 Å². The maximum absolute atomic E-state index is 4.41. The van der Waals surface area contributed by atoms with Crippen molar-refractivity contribution in [2.24, 2.45) is 0 Å². The van der Waals surface area contributed by atoms with E-state index in [1.165, 1.54) is 11.3 Å². The molecule has 1 aromatic heterocycles. The van der Waals surface area contributed by atoms with Crippen LogP contribution in [0.3, 0.4) is 0 Å². The molecule has 0 aliphatic heterocycles. The summed E-state index contributed by atoms with van der Waals surface area (Å²) < 4.78 is 2.02. The minimum absolute atomic E-state index is 0.111. The highest BCUT2D eigenvalue weighted by atomic mass is 15.3. The molecule has 0 spiro atoms. The molecule has 0 saturated heterocycles. The molecule has 0 aliphatic carbocycles. The van der Waals surface area contributed by atoms with Gasteiger partial charge in [0.25, 0.3) is 0 Å². The Balaban J connectivity index is 2.53. The monoisotopic (exact) mass is 214 g/mol. The lowest BCUT2D eigenvalue weighted by Crippen LogP contribution is -2.17. The maximum atomic E-state index is 4.41. The van der Waals surface area contributed by atoms with Crippen LogP contribution in [0.1, 0.15) is 32.0 Å². The highest BCUT2D eigenvalue weighted by Crippen LogP contribution is 2.24. The Labute approximate surface area is 96.9 Å². The zero-order valence-corrected chi connectivity index (χ0v) is 10.4. The molecule has 0 radical (unpaired) electrons. The average Bonchev–Trinajstić information content (AvgIpc) is 2.65. The molecule has 0 N–H and O–H groups in total. The Bertz CT molecular complexity index is 489. The van der Waals surface area contributed by atoms with E-state index in [1.807, 2.05) is 10.9 Å². The third kappa shape index (κ3) is 2.01. The van der Waals surface area contributed by atoms with Crippen LogP contribution in [0.4, 0.5) is 0 Å². The molecule has 0 fully saturated rings. The van der Waals surface area contributed by atoms with Crippen LogP contribution < -0.4 is 0 Å². The predicted octanol–water partition coefficient (Wildman–Crippen LogP) is 3.48. The van der Waals surface area contributed by atoms with Gasteiger partial charge >= 0.3 is 0 Å². The highest BCUT2D eigenvalue weighted by Gasteiger charge is 2.19. The quantitative estimate of drug-likeness (QED) is 0.710. The number of aryl methyl sites for hydroxylation is 1. The zero-order valence-electron chi connectivity index (χ0n) is 10.4. The molecule has 0 atom stereocenters. The van der Waals surface area contributed by atoms with E-state index in [0.717, 1.165) is 5.69 Å². The molecule has 2 aromatic rings. The highest BCUT2D eigenvalue weighted by molar-refractivity contribution is 5.37. The van der Waals surface area contributed by atoms with Gasteiger partial charge in [0.2, 0.25) is 0 Å². The Morgan fingerprint density at radius 3 is 2.50 bits per heavy atom. The fraction of sp³-hybridized carbons (Fsp3) is 0.357. The van der Waals surface area contributed by atoms with E-state index < -0.39 is 0 Å². The number of hydrogen-bond acceptors (Lipinski definition) is 1. The molecule has 0 saturated carbocycles. The second-order valence-corrected chi connectivity index (χ2v) is 5.22. The topological polar surface area (TPSA) is 17.8 Å². The molecule has 0 amide bonds. The predicted molar refractivity (Wildman–Crippen MR) is 67.0 cm³/mol. The lowest BCUT2D eigenvalue weighted by Gasteiger charge is -2.20. The van der Waals surface area contributed by atoms with Gasteiger partial charge in [-0.2, -0.15) is 5.10 Å². The summed E-state index contributed by atoms with van der Waals surface area (Å²) in [5, 5.41) is 4.41. The molecule has 2 nitrogen and oxygen atoms in total. The van der Waals surface area contributed by atoms with Gasteiger partial charge in [-0.15, -0.1) is 0 Å². The van der Waals surface area contributed by atoms with Gasteiger partial charge in [-0.1, -0.05) is 32.9 Å². The van der Waals surface area contributed by atoms with E-state index in [0.29, 0.717) is 0 Å². The third-order valence-electron chi connectivity index (χ3n) is 2.66. The van der Waals surface area contributed by atoms with Gasteiger partial charge in [0.05, 0.1) is 5.69 Å². The molecule has 2 heteroatoms. The maximum Gasteiger partial charge on any atom is 0.0651 e. The first-order valence-corrected chi connectivity index (χ1v) is 5.60. The molecular formula is C14H18N2. The van der Waals surface area contributed by atoms with Crippen LogP contribution >= 0.6 is 0 Å². The van der Waals surface area contributed by atoms with E-state index in [1.54, 1.807) is 0 Å². The van der Waals surface area contributed by atoms with Crippen molar-refractivity contribution in [1.82, 2.24) is 9.78 Å². The number of nitrogens with zero attached hydrogens (tertiary/aromatic N) is 2. The normalized spacial score (nSPS) is 11.8. The molecular weight excluding hydrogens is 196 g/mol. The second-order valence-electron chi connectivity index (χ2n) is 5.22. The molecule has 1 aromatic carbocycles. The van der Waals surface area contributed by atoms with E-state index in [9.17, 15) is 0 Å². The first kappa shape index (κ1) is 10.9. The smallest absolute Gasteiger partial charge is 0.0651 e. The van der Waals surface area contributed by atoms with Gasteiger partial charge in [-0.3, -0.25) is 0 Å². The summed E-state index contributed by atoms with van der Waals surface area (Å²) in [6.45, 7) is 8.71. The Hall–Kier alpha value is -1.57. The number of aromatic nitrogens is 2. The molecule has 84 valence electrons. The minimum Gasteiger partial charge on any atom is -0.237 e. The SMILES string of the molecule is Cc1cccc(-n2nccc2C(C)(C)C)c1. The zero-order chi connectivity index (χ0) is 11.8. The largest absolute Gasteiger partial charge is 0.237 e. The van der Waals surface area contributed by atoms with Gasteiger partial charge in [0.15, 0.2) is 0 Å². The van der Waals surface area contributed by atoms with Gasteiger partial charge in [-0.05, 0) is 30.7 Å². The van der Waals surface area contributed by atoms with Crippen LogP contribution in [-0.2, 0) is 5.41 Å². The van der Waals surface area contributed by atoms with Crippen molar-refractivity contribution in [1.29, 1.82) is 0 Å². The van der Waals surface area contributed by atoms with Crippen molar-refractivity contribution in [3.8, 4) is 5.69 Å². The van der Waals surface area contributed by atoms with Crippen LogP contribution in [-0.4, -0.2) is 9.78 Å². The van der Waals surface area contributed by atoms with E-state index in [-0.39, 0.29) is 5.41 Å². The average molecular weight is 214 g/mol. The summed E-state index contributed by atoms with van der Waals surface area (Å²) in [7, 11) is 0. The van der Waals surface area contributed by atoms with Crippen molar-refractivity contribution >= 4 is 0 Å². The second kappa shape index (κ2) is 3.78. The first-order chi connectivity index (χ1) is 7.48. The summed E-state index contributed by atoms with van der Waals surface area (Å²) in [5.41, 5.74) is 3.74. The number of rotatable bonds is 1. The van der Waals surface area contributed by atoms with Crippen LogP contribution in [0, 0.1) is 6.92 Å². The van der Waals surface area contributed by atoms with Crippen LogP contribution in [0.2, 0.25) is 0 Å². The van der Waals surface area contributed by atoms with Crippen molar-refractivity contribution < 1.29 is 0 Å².